The second-order valence-electron chi connectivity index (χ2n) is 6.41. The molecule has 0 bridgehead atoms. The second-order valence-corrected chi connectivity index (χ2v) is 6.41. The van der Waals surface area contributed by atoms with E-state index in [1.54, 1.807) is 18.2 Å². The number of hydrogen-bond donors (Lipinski definition) is 1. The van der Waals surface area contributed by atoms with Crippen LogP contribution in [0.2, 0.25) is 0 Å². The highest BCUT2D eigenvalue weighted by molar-refractivity contribution is 5.80. The lowest BCUT2D eigenvalue weighted by Crippen LogP contribution is -2.36. The van der Waals surface area contributed by atoms with Gasteiger partial charge >= 0.3 is 12.4 Å². The van der Waals surface area contributed by atoms with Crippen LogP contribution >= 0.6 is 0 Å². The van der Waals surface area contributed by atoms with Crippen molar-refractivity contribution in [1.82, 2.24) is 5.32 Å². The molecular weight excluding hydrogens is 420 g/mol. The third kappa shape index (κ3) is 5.08. The fourth-order valence-corrected chi connectivity index (χ4v) is 2.64. The van der Waals surface area contributed by atoms with Crippen LogP contribution in [0.5, 0.6) is 17.2 Å². The van der Waals surface area contributed by atoms with Gasteiger partial charge in [0.2, 0.25) is 6.79 Å². The van der Waals surface area contributed by atoms with E-state index in [9.17, 15) is 31.1 Å². The Morgan fingerprint density at radius 3 is 2.20 bits per heavy atom. The predicted molar refractivity (Wildman–Crippen MR) is 90.9 cm³/mol. The number of carbonyl (C=O) groups excluding carboxylic acids is 1. The summed E-state index contributed by atoms with van der Waals surface area (Å²) >= 11 is 0. The maximum Gasteiger partial charge on any atom is 0.416 e. The lowest BCUT2D eigenvalue weighted by atomic mass is 10.1. The largest absolute Gasteiger partial charge is 0.481 e. The second kappa shape index (κ2) is 7.96. The number of fused-ring (bicyclic) bond motifs is 1. The summed E-state index contributed by atoms with van der Waals surface area (Å²) in [6.07, 6.45) is -11.4. The van der Waals surface area contributed by atoms with Gasteiger partial charge in [0, 0.05) is 6.54 Å². The van der Waals surface area contributed by atoms with E-state index in [2.05, 4.69) is 5.32 Å². The molecule has 0 saturated heterocycles. The zero-order valence-corrected chi connectivity index (χ0v) is 15.4. The maximum absolute atomic E-state index is 12.9. The molecule has 162 valence electrons. The summed E-state index contributed by atoms with van der Waals surface area (Å²) in [6, 6.07) is 5.76. The average Bonchev–Trinajstić information content (AvgIpc) is 3.12. The van der Waals surface area contributed by atoms with Crippen LogP contribution in [0.3, 0.4) is 0 Å². The number of nitrogens with one attached hydrogen (secondary N) is 1. The molecule has 0 radical (unpaired) electrons. The summed E-state index contributed by atoms with van der Waals surface area (Å²) in [6.45, 7) is 1.33. The average molecular weight is 435 g/mol. The summed E-state index contributed by atoms with van der Waals surface area (Å²) in [5.74, 6) is -0.400. The van der Waals surface area contributed by atoms with Gasteiger partial charge in [0.05, 0.1) is 11.1 Å². The van der Waals surface area contributed by atoms with E-state index in [0.29, 0.717) is 29.2 Å². The monoisotopic (exact) mass is 435 g/mol. The summed E-state index contributed by atoms with van der Waals surface area (Å²) in [4.78, 5) is 12.2. The molecular formula is C19H15F6NO4. The summed E-state index contributed by atoms with van der Waals surface area (Å²) in [5, 5.41) is 2.50. The third-order valence-electron chi connectivity index (χ3n) is 4.15. The first-order valence-electron chi connectivity index (χ1n) is 8.56. The van der Waals surface area contributed by atoms with Gasteiger partial charge < -0.3 is 19.5 Å². The fourth-order valence-electron chi connectivity index (χ4n) is 2.64. The highest BCUT2D eigenvalue weighted by Gasteiger charge is 2.37. The van der Waals surface area contributed by atoms with Gasteiger partial charge in [-0.2, -0.15) is 26.3 Å². The third-order valence-corrected chi connectivity index (χ3v) is 4.15. The SMILES string of the molecule is CC(Oc1cc(C(F)(F)F)cc(C(F)(F)F)c1)C(=O)NCc1ccc2c(c1)OCO2. The van der Waals surface area contributed by atoms with Crippen molar-refractivity contribution < 1.29 is 45.3 Å². The van der Waals surface area contributed by atoms with Gasteiger partial charge in [-0.1, -0.05) is 6.07 Å². The molecule has 2 aromatic rings. The van der Waals surface area contributed by atoms with Crippen molar-refractivity contribution in [2.24, 2.45) is 0 Å². The quantitative estimate of drug-likeness (QED) is 0.701. The Labute approximate surface area is 166 Å². The van der Waals surface area contributed by atoms with Crippen molar-refractivity contribution in [3.05, 3.63) is 53.1 Å². The van der Waals surface area contributed by atoms with Crippen LogP contribution in [0.4, 0.5) is 26.3 Å². The zero-order chi connectivity index (χ0) is 22.1. The van der Waals surface area contributed by atoms with E-state index in [1.807, 2.05) is 0 Å². The normalized spacial score (nSPS) is 14.4. The first-order valence-corrected chi connectivity index (χ1v) is 8.56. The molecule has 0 spiro atoms. The Hall–Kier alpha value is -3.11. The molecule has 11 heteroatoms. The molecule has 1 N–H and O–H groups in total. The van der Waals surface area contributed by atoms with Crippen LogP contribution in [0, 0.1) is 0 Å². The van der Waals surface area contributed by atoms with Gasteiger partial charge in [0.1, 0.15) is 5.75 Å². The van der Waals surface area contributed by atoms with Gasteiger partial charge in [-0.15, -0.1) is 0 Å². The van der Waals surface area contributed by atoms with Crippen molar-refractivity contribution in [2.75, 3.05) is 6.79 Å². The Kier molecular flexibility index (Phi) is 5.73. The smallest absolute Gasteiger partial charge is 0.416 e. The molecule has 1 heterocycles. The van der Waals surface area contributed by atoms with Gasteiger partial charge in [-0.05, 0) is 42.8 Å². The number of halogens is 6. The number of hydrogen-bond acceptors (Lipinski definition) is 4. The molecule has 1 aliphatic heterocycles. The van der Waals surface area contributed by atoms with E-state index in [-0.39, 0.29) is 19.4 Å². The minimum Gasteiger partial charge on any atom is -0.481 e. The van der Waals surface area contributed by atoms with Crippen molar-refractivity contribution in [1.29, 1.82) is 0 Å². The summed E-state index contributed by atoms with van der Waals surface area (Å²) in [5.41, 5.74) is -2.40. The van der Waals surface area contributed by atoms with Crippen LogP contribution in [0.1, 0.15) is 23.6 Å². The molecule has 1 unspecified atom stereocenters. The van der Waals surface area contributed by atoms with Crippen molar-refractivity contribution in [3.63, 3.8) is 0 Å². The van der Waals surface area contributed by atoms with Gasteiger partial charge in [0.15, 0.2) is 17.6 Å². The topological polar surface area (TPSA) is 56.8 Å². The van der Waals surface area contributed by atoms with E-state index >= 15 is 0 Å². The lowest BCUT2D eigenvalue weighted by molar-refractivity contribution is -0.143. The Bertz CT molecular complexity index is 909. The van der Waals surface area contributed by atoms with E-state index in [1.165, 1.54) is 6.92 Å². The zero-order valence-electron chi connectivity index (χ0n) is 15.4. The van der Waals surface area contributed by atoms with Crippen LogP contribution in [0.15, 0.2) is 36.4 Å². The van der Waals surface area contributed by atoms with E-state index < -0.39 is 41.2 Å². The highest BCUT2D eigenvalue weighted by atomic mass is 19.4. The number of amides is 1. The summed E-state index contributed by atoms with van der Waals surface area (Å²) < 4.78 is 92.9. The van der Waals surface area contributed by atoms with Crippen molar-refractivity contribution in [2.45, 2.75) is 31.9 Å². The first-order chi connectivity index (χ1) is 13.9. The molecule has 5 nitrogen and oxygen atoms in total. The van der Waals surface area contributed by atoms with Crippen LogP contribution in [-0.4, -0.2) is 18.8 Å². The standard InChI is InChI=1S/C19H15F6NO4/c1-10(17(27)26-8-11-2-3-15-16(4-11)29-9-28-15)30-14-6-12(18(20,21)22)5-13(7-14)19(23,24)25/h2-7,10H,8-9H2,1H3,(H,26,27). The lowest BCUT2D eigenvalue weighted by Gasteiger charge is -2.18. The molecule has 0 aliphatic carbocycles. The number of benzene rings is 2. The molecule has 0 fully saturated rings. The fraction of sp³-hybridized carbons (Fsp3) is 0.316. The van der Waals surface area contributed by atoms with Gasteiger partial charge in [0.25, 0.3) is 5.91 Å². The number of rotatable bonds is 5. The Morgan fingerprint density at radius 1 is 1.00 bits per heavy atom. The molecule has 1 amide bonds. The highest BCUT2D eigenvalue weighted by Crippen LogP contribution is 2.38. The minimum atomic E-state index is -5.01. The summed E-state index contributed by atoms with van der Waals surface area (Å²) in [7, 11) is 0. The van der Waals surface area contributed by atoms with Crippen LogP contribution in [-0.2, 0) is 23.7 Å². The van der Waals surface area contributed by atoms with Crippen molar-refractivity contribution >= 4 is 5.91 Å². The number of ether oxygens (including phenoxy) is 3. The van der Waals surface area contributed by atoms with Gasteiger partial charge in [-0.25, -0.2) is 0 Å². The number of alkyl halides is 6. The molecule has 2 aromatic carbocycles. The molecule has 1 atom stereocenters. The predicted octanol–water partition coefficient (Wildman–Crippen LogP) is 4.54. The molecule has 0 saturated carbocycles. The van der Waals surface area contributed by atoms with E-state index in [4.69, 9.17) is 14.2 Å². The minimum absolute atomic E-state index is 0.0166. The van der Waals surface area contributed by atoms with Gasteiger partial charge in [-0.3, -0.25) is 4.79 Å². The molecule has 3 rings (SSSR count). The maximum atomic E-state index is 12.9. The molecule has 0 aromatic heterocycles. The van der Waals surface area contributed by atoms with Crippen molar-refractivity contribution in [3.8, 4) is 17.2 Å². The van der Waals surface area contributed by atoms with Crippen LogP contribution < -0.4 is 19.5 Å². The number of carbonyl (C=O) groups is 1. The Morgan fingerprint density at radius 2 is 1.60 bits per heavy atom. The molecule has 30 heavy (non-hydrogen) atoms. The molecule has 1 aliphatic rings. The van der Waals surface area contributed by atoms with Crippen LogP contribution in [0.25, 0.3) is 0 Å². The first kappa shape index (κ1) is 21.6. The van der Waals surface area contributed by atoms with E-state index in [0.717, 1.165) is 0 Å². The Balaban J connectivity index is 1.68.